The zero-order chi connectivity index (χ0) is 14.8. The standard InChI is InChI=1S/C14H19N3O3S/c1-20-13(18)11-9-3-2-4-10(9)21-12(11)16-14(19)17-7-5-15-6-8-17/h15H,2-8H2,1H3,(H,16,19). The van der Waals surface area contributed by atoms with Gasteiger partial charge in [0.25, 0.3) is 0 Å². The predicted molar refractivity (Wildman–Crippen MR) is 81.1 cm³/mol. The molecule has 1 aliphatic heterocycles. The molecule has 1 fully saturated rings. The fraction of sp³-hybridized carbons (Fsp3) is 0.571. The fourth-order valence-electron chi connectivity index (χ4n) is 2.85. The summed E-state index contributed by atoms with van der Waals surface area (Å²) in [7, 11) is 1.38. The van der Waals surface area contributed by atoms with Gasteiger partial charge in [-0.05, 0) is 24.8 Å². The van der Waals surface area contributed by atoms with Gasteiger partial charge in [0.1, 0.15) is 5.00 Å². The first kappa shape index (κ1) is 14.3. The van der Waals surface area contributed by atoms with E-state index in [4.69, 9.17) is 4.74 Å². The molecule has 3 rings (SSSR count). The van der Waals surface area contributed by atoms with Gasteiger partial charge in [0.05, 0.1) is 12.7 Å². The third kappa shape index (κ3) is 2.75. The van der Waals surface area contributed by atoms with Crippen LogP contribution in [0.2, 0.25) is 0 Å². The Kier molecular flexibility index (Phi) is 4.12. The van der Waals surface area contributed by atoms with E-state index in [9.17, 15) is 9.59 Å². The van der Waals surface area contributed by atoms with Gasteiger partial charge in [-0.25, -0.2) is 9.59 Å². The Morgan fingerprint density at radius 2 is 2.05 bits per heavy atom. The number of methoxy groups -OCH3 is 1. The molecule has 0 bridgehead atoms. The monoisotopic (exact) mass is 309 g/mol. The molecule has 1 saturated heterocycles. The highest BCUT2D eigenvalue weighted by Gasteiger charge is 2.29. The second-order valence-corrected chi connectivity index (χ2v) is 6.33. The van der Waals surface area contributed by atoms with Gasteiger partial charge >= 0.3 is 12.0 Å². The molecular formula is C14H19N3O3S. The van der Waals surface area contributed by atoms with Crippen LogP contribution in [-0.4, -0.2) is 50.2 Å². The van der Waals surface area contributed by atoms with Crippen LogP contribution in [0, 0.1) is 0 Å². The van der Waals surface area contributed by atoms with Crippen LogP contribution < -0.4 is 10.6 Å². The maximum Gasteiger partial charge on any atom is 0.341 e. The highest BCUT2D eigenvalue weighted by atomic mass is 32.1. The fourth-order valence-corrected chi connectivity index (χ4v) is 4.12. The second-order valence-electron chi connectivity index (χ2n) is 5.22. The lowest BCUT2D eigenvalue weighted by Gasteiger charge is -2.27. The van der Waals surface area contributed by atoms with E-state index < -0.39 is 0 Å². The van der Waals surface area contributed by atoms with Crippen molar-refractivity contribution in [2.45, 2.75) is 19.3 Å². The first-order chi connectivity index (χ1) is 10.2. The number of carbonyl (C=O) groups is 2. The van der Waals surface area contributed by atoms with Gasteiger partial charge in [-0.3, -0.25) is 5.32 Å². The number of aryl methyl sites for hydroxylation is 1. The summed E-state index contributed by atoms with van der Waals surface area (Å²) in [6.45, 7) is 2.98. The number of esters is 1. The number of thiophene rings is 1. The summed E-state index contributed by atoms with van der Waals surface area (Å²) in [6.07, 6.45) is 2.93. The average Bonchev–Trinajstić information content (AvgIpc) is 3.07. The summed E-state index contributed by atoms with van der Waals surface area (Å²) in [5.74, 6) is -0.356. The van der Waals surface area contributed by atoms with Gasteiger partial charge in [0.2, 0.25) is 0 Å². The summed E-state index contributed by atoms with van der Waals surface area (Å²) in [5.41, 5.74) is 1.61. The molecule has 0 unspecified atom stereocenters. The largest absolute Gasteiger partial charge is 0.465 e. The quantitative estimate of drug-likeness (QED) is 0.812. The average molecular weight is 309 g/mol. The first-order valence-corrected chi connectivity index (χ1v) is 8.02. The molecule has 6 nitrogen and oxygen atoms in total. The predicted octanol–water partition coefficient (Wildman–Crippen LogP) is 1.46. The minimum atomic E-state index is -0.356. The zero-order valence-corrected chi connectivity index (χ0v) is 12.8. The van der Waals surface area contributed by atoms with Crippen molar-refractivity contribution < 1.29 is 14.3 Å². The summed E-state index contributed by atoms with van der Waals surface area (Å²) in [5, 5.41) is 6.75. The number of piperazine rings is 1. The van der Waals surface area contributed by atoms with Crippen LogP contribution in [-0.2, 0) is 17.6 Å². The molecular weight excluding hydrogens is 290 g/mol. The van der Waals surface area contributed by atoms with E-state index in [1.54, 1.807) is 4.90 Å². The van der Waals surface area contributed by atoms with Gasteiger partial charge in [-0.1, -0.05) is 0 Å². The molecule has 1 aromatic heterocycles. The van der Waals surface area contributed by atoms with E-state index in [-0.39, 0.29) is 12.0 Å². The number of carbonyl (C=O) groups excluding carboxylic acids is 2. The van der Waals surface area contributed by atoms with Gasteiger partial charge in [0, 0.05) is 31.1 Å². The normalized spacial score (nSPS) is 17.5. The lowest BCUT2D eigenvalue weighted by Crippen LogP contribution is -2.48. The van der Waals surface area contributed by atoms with Crippen LogP contribution >= 0.6 is 11.3 Å². The van der Waals surface area contributed by atoms with Crippen LogP contribution in [0.15, 0.2) is 0 Å². The lowest BCUT2D eigenvalue weighted by molar-refractivity contribution is 0.0601. The Bertz CT molecular complexity index is 564. The molecule has 0 saturated carbocycles. The first-order valence-electron chi connectivity index (χ1n) is 7.20. The van der Waals surface area contributed by atoms with Crippen molar-refractivity contribution in [1.82, 2.24) is 10.2 Å². The molecule has 1 aromatic rings. The molecule has 0 aromatic carbocycles. The summed E-state index contributed by atoms with van der Waals surface area (Å²) >= 11 is 1.51. The minimum absolute atomic E-state index is 0.137. The van der Waals surface area contributed by atoms with E-state index in [0.29, 0.717) is 23.7 Å². The molecule has 0 spiro atoms. The number of hydrogen-bond donors (Lipinski definition) is 2. The molecule has 21 heavy (non-hydrogen) atoms. The van der Waals surface area contributed by atoms with Gasteiger partial charge in [-0.15, -0.1) is 11.3 Å². The van der Waals surface area contributed by atoms with E-state index in [1.807, 2.05) is 0 Å². The highest BCUT2D eigenvalue weighted by Crippen LogP contribution is 2.39. The van der Waals surface area contributed by atoms with Crippen LogP contribution in [0.1, 0.15) is 27.2 Å². The maximum absolute atomic E-state index is 12.3. The number of fused-ring (bicyclic) bond motifs is 1. The molecule has 2 N–H and O–H groups in total. The van der Waals surface area contributed by atoms with Crippen molar-refractivity contribution in [2.75, 3.05) is 38.6 Å². The van der Waals surface area contributed by atoms with Crippen molar-refractivity contribution in [2.24, 2.45) is 0 Å². The van der Waals surface area contributed by atoms with E-state index in [2.05, 4.69) is 10.6 Å². The van der Waals surface area contributed by atoms with Crippen molar-refractivity contribution >= 4 is 28.3 Å². The van der Waals surface area contributed by atoms with Crippen molar-refractivity contribution in [1.29, 1.82) is 0 Å². The Labute approximate surface area is 127 Å². The second kappa shape index (κ2) is 6.03. The molecule has 0 radical (unpaired) electrons. The van der Waals surface area contributed by atoms with Crippen LogP contribution in [0.25, 0.3) is 0 Å². The molecule has 0 atom stereocenters. The van der Waals surface area contributed by atoms with Crippen LogP contribution in [0.3, 0.4) is 0 Å². The van der Waals surface area contributed by atoms with Crippen molar-refractivity contribution in [3.8, 4) is 0 Å². The smallest absolute Gasteiger partial charge is 0.341 e. The number of amides is 2. The lowest BCUT2D eigenvalue weighted by atomic mass is 10.1. The molecule has 114 valence electrons. The zero-order valence-electron chi connectivity index (χ0n) is 12.0. The molecule has 7 heteroatoms. The number of hydrogen-bond acceptors (Lipinski definition) is 5. The molecule has 1 aliphatic carbocycles. The van der Waals surface area contributed by atoms with E-state index >= 15 is 0 Å². The van der Waals surface area contributed by atoms with E-state index in [0.717, 1.165) is 37.9 Å². The topological polar surface area (TPSA) is 70.7 Å². The number of anilines is 1. The Morgan fingerprint density at radius 1 is 1.29 bits per heavy atom. The van der Waals surface area contributed by atoms with Crippen LogP contribution in [0.4, 0.5) is 9.80 Å². The van der Waals surface area contributed by atoms with Crippen molar-refractivity contribution in [3.05, 3.63) is 16.0 Å². The number of urea groups is 1. The van der Waals surface area contributed by atoms with Crippen molar-refractivity contribution in [3.63, 3.8) is 0 Å². The molecule has 2 heterocycles. The maximum atomic E-state index is 12.3. The van der Waals surface area contributed by atoms with Gasteiger partial charge in [0.15, 0.2) is 0 Å². The Morgan fingerprint density at radius 3 is 2.76 bits per heavy atom. The third-order valence-corrected chi connectivity index (χ3v) is 5.14. The number of nitrogens with one attached hydrogen (secondary N) is 2. The summed E-state index contributed by atoms with van der Waals surface area (Å²) in [4.78, 5) is 27.3. The number of nitrogens with zero attached hydrogens (tertiary/aromatic N) is 1. The third-order valence-electron chi connectivity index (χ3n) is 3.94. The SMILES string of the molecule is COC(=O)c1c(NC(=O)N2CCNCC2)sc2c1CCC2. The van der Waals surface area contributed by atoms with Gasteiger partial charge in [-0.2, -0.15) is 0 Å². The summed E-state index contributed by atoms with van der Waals surface area (Å²) < 4.78 is 4.88. The Hall–Kier alpha value is -1.60. The summed E-state index contributed by atoms with van der Waals surface area (Å²) in [6, 6.07) is -0.137. The highest BCUT2D eigenvalue weighted by molar-refractivity contribution is 7.17. The molecule has 2 amide bonds. The molecule has 2 aliphatic rings. The number of ether oxygens (including phenoxy) is 1. The minimum Gasteiger partial charge on any atom is -0.465 e. The van der Waals surface area contributed by atoms with Crippen LogP contribution in [0.5, 0.6) is 0 Å². The van der Waals surface area contributed by atoms with Gasteiger partial charge < -0.3 is 15.0 Å². The van der Waals surface area contributed by atoms with E-state index in [1.165, 1.54) is 23.3 Å². The Balaban J connectivity index is 1.81. The number of rotatable bonds is 2.